The topological polar surface area (TPSA) is 35.5 Å². The number of hydrogen-bond donors (Lipinski definition) is 0. The third-order valence-electron chi connectivity index (χ3n) is 6.53. The van der Waals surface area contributed by atoms with Crippen molar-refractivity contribution in [3.63, 3.8) is 0 Å². The highest BCUT2D eigenvalue weighted by Gasteiger charge is 2.49. The summed E-state index contributed by atoms with van der Waals surface area (Å²) < 4.78 is 26.1. The molecule has 5 heteroatoms. The second-order valence-electron chi connectivity index (χ2n) is 8.50. The van der Waals surface area contributed by atoms with Crippen LogP contribution in [0.5, 0.6) is 5.75 Å². The highest BCUT2D eigenvalue weighted by atomic mass is 32.2. The lowest BCUT2D eigenvalue weighted by molar-refractivity contribution is -0.141. The molecular weight excluding hydrogens is 423 g/mol. The summed E-state index contributed by atoms with van der Waals surface area (Å²) in [7, 11) is 0. The number of halogens is 1. The molecule has 0 spiro atoms. The Balaban J connectivity index is 1.44. The molecule has 3 nitrogen and oxygen atoms in total. The van der Waals surface area contributed by atoms with Crippen molar-refractivity contribution >= 4 is 17.7 Å². The molecule has 2 aliphatic rings. The van der Waals surface area contributed by atoms with Gasteiger partial charge in [0.15, 0.2) is 0 Å². The van der Waals surface area contributed by atoms with Crippen LogP contribution < -0.4 is 4.74 Å². The summed E-state index contributed by atoms with van der Waals surface area (Å²) in [4.78, 5) is 13.9. The molecule has 0 radical (unpaired) electrons. The maximum Gasteiger partial charge on any atom is 0.320 e. The second kappa shape index (κ2) is 8.62. The van der Waals surface area contributed by atoms with Crippen LogP contribution >= 0.6 is 11.8 Å². The van der Waals surface area contributed by atoms with Gasteiger partial charge in [0.05, 0.1) is 0 Å². The third kappa shape index (κ3) is 3.79. The van der Waals surface area contributed by atoms with Crippen molar-refractivity contribution in [2.45, 2.75) is 49.5 Å². The van der Waals surface area contributed by atoms with Crippen LogP contribution in [-0.4, -0.2) is 11.2 Å². The van der Waals surface area contributed by atoms with Gasteiger partial charge < -0.3 is 9.47 Å². The van der Waals surface area contributed by atoms with Gasteiger partial charge in [-0.25, -0.2) is 4.39 Å². The molecule has 5 rings (SSSR count). The number of carbonyl (C=O) groups is 1. The average Bonchev–Trinajstić information content (AvgIpc) is 3.11. The van der Waals surface area contributed by atoms with Crippen molar-refractivity contribution in [1.29, 1.82) is 0 Å². The van der Waals surface area contributed by atoms with Gasteiger partial charge in [-0.15, -0.1) is 11.8 Å². The third-order valence-corrected chi connectivity index (χ3v) is 7.88. The number of thioether (sulfide) groups is 1. The van der Waals surface area contributed by atoms with E-state index in [0.29, 0.717) is 5.56 Å². The van der Waals surface area contributed by atoms with Crippen LogP contribution in [0.3, 0.4) is 0 Å². The first kappa shape index (κ1) is 21.1. The first-order chi connectivity index (χ1) is 15.5. The Morgan fingerprint density at radius 1 is 1.09 bits per heavy atom. The number of aryl methyl sites for hydroxylation is 1. The number of rotatable bonds is 5. The van der Waals surface area contributed by atoms with E-state index in [9.17, 15) is 9.18 Å². The van der Waals surface area contributed by atoms with E-state index >= 15 is 0 Å². The second-order valence-corrected chi connectivity index (χ2v) is 9.72. The van der Waals surface area contributed by atoms with E-state index in [1.165, 1.54) is 11.6 Å². The summed E-state index contributed by atoms with van der Waals surface area (Å²) >= 11 is 1.60. The lowest BCUT2D eigenvalue weighted by Crippen LogP contribution is -2.25. The molecule has 1 aliphatic carbocycles. The maximum atomic E-state index is 14.0. The number of benzene rings is 3. The van der Waals surface area contributed by atoms with Crippen molar-refractivity contribution in [2.24, 2.45) is 5.92 Å². The van der Waals surface area contributed by atoms with Crippen molar-refractivity contribution in [3.05, 3.63) is 94.3 Å². The molecule has 1 saturated heterocycles. The van der Waals surface area contributed by atoms with E-state index in [1.807, 2.05) is 43.3 Å². The lowest BCUT2D eigenvalue weighted by Gasteiger charge is -2.31. The van der Waals surface area contributed by atoms with Gasteiger partial charge in [0.1, 0.15) is 29.5 Å². The molecule has 3 aromatic carbocycles. The lowest BCUT2D eigenvalue weighted by atomic mass is 9.77. The van der Waals surface area contributed by atoms with Crippen LogP contribution in [0, 0.1) is 25.6 Å². The van der Waals surface area contributed by atoms with E-state index in [1.54, 1.807) is 30.0 Å². The molecular formula is C27H25FO3S. The fraction of sp³-hybridized carbons (Fsp3) is 0.296. The summed E-state index contributed by atoms with van der Waals surface area (Å²) in [6.07, 6.45) is 1.58. The van der Waals surface area contributed by atoms with Gasteiger partial charge in [0.25, 0.3) is 0 Å². The van der Waals surface area contributed by atoms with Crippen molar-refractivity contribution in [1.82, 2.24) is 0 Å². The molecule has 0 bridgehead atoms. The Labute approximate surface area is 191 Å². The molecule has 1 fully saturated rings. The van der Waals surface area contributed by atoms with Crippen molar-refractivity contribution in [3.8, 4) is 5.75 Å². The summed E-state index contributed by atoms with van der Waals surface area (Å²) in [6.45, 7) is 4.25. The van der Waals surface area contributed by atoms with E-state index in [4.69, 9.17) is 9.47 Å². The number of ether oxygens (including phenoxy) is 2. The molecule has 0 N–H and O–H groups in total. The first-order valence-electron chi connectivity index (χ1n) is 10.9. The molecule has 1 unspecified atom stereocenters. The van der Waals surface area contributed by atoms with Crippen LogP contribution in [0.4, 0.5) is 4.39 Å². The van der Waals surface area contributed by atoms with E-state index < -0.39 is 0 Å². The van der Waals surface area contributed by atoms with E-state index in [-0.39, 0.29) is 35.7 Å². The standard InChI is InChI=1S/C27H25FO3S/c1-16-14-23(30-15-18-8-6-7-11-22(18)28)17(2)24-20(16)12-13-21-25(24)31-27(29)26(21)32-19-9-4-3-5-10-19/h3-11,14,21,25-26H,12-13,15H2,1-2H3/t21-,25-,26?/m1/s1. The number of fused-ring (bicyclic) bond motifs is 3. The Morgan fingerprint density at radius 2 is 1.84 bits per heavy atom. The largest absolute Gasteiger partial charge is 0.489 e. The SMILES string of the molecule is Cc1cc(OCc2ccccc2F)c(C)c2c1CC[C@H]1C(Sc3ccccc3)C(=O)O[C@@H]21. The normalized spacial score (nSPS) is 21.6. The van der Waals surface area contributed by atoms with Gasteiger partial charge in [0, 0.05) is 21.9 Å². The monoisotopic (exact) mass is 448 g/mol. The molecule has 1 heterocycles. The Kier molecular flexibility index (Phi) is 5.68. The summed E-state index contributed by atoms with van der Waals surface area (Å²) in [6, 6.07) is 18.7. The Morgan fingerprint density at radius 3 is 2.62 bits per heavy atom. The predicted molar refractivity (Wildman–Crippen MR) is 123 cm³/mol. The fourth-order valence-electron chi connectivity index (χ4n) is 4.88. The molecule has 0 aromatic heterocycles. The minimum Gasteiger partial charge on any atom is -0.489 e. The van der Waals surface area contributed by atoms with Crippen LogP contribution in [-0.2, 0) is 22.6 Å². The molecule has 1 aliphatic heterocycles. The van der Waals surface area contributed by atoms with Gasteiger partial charge in [-0.05, 0) is 67.6 Å². The summed E-state index contributed by atoms with van der Waals surface area (Å²) in [5.74, 6) is 0.433. The zero-order valence-corrected chi connectivity index (χ0v) is 19.0. The Hall–Kier alpha value is -2.79. The summed E-state index contributed by atoms with van der Waals surface area (Å²) in [5.41, 5.74) is 4.96. The van der Waals surface area contributed by atoms with Gasteiger partial charge >= 0.3 is 5.97 Å². The smallest absolute Gasteiger partial charge is 0.320 e. The minimum atomic E-state index is -0.273. The predicted octanol–water partition coefficient (Wildman–Crippen LogP) is 6.34. The van der Waals surface area contributed by atoms with Gasteiger partial charge in [-0.1, -0.05) is 36.4 Å². The average molecular weight is 449 g/mol. The maximum absolute atomic E-state index is 14.0. The zero-order valence-electron chi connectivity index (χ0n) is 18.1. The zero-order chi connectivity index (χ0) is 22.2. The first-order valence-corrected chi connectivity index (χ1v) is 11.8. The van der Waals surface area contributed by atoms with Crippen LogP contribution in [0.1, 0.15) is 40.3 Å². The van der Waals surface area contributed by atoms with Crippen LogP contribution in [0.2, 0.25) is 0 Å². The Bertz CT molecular complexity index is 1160. The molecule has 32 heavy (non-hydrogen) atoms. The van der Waals surface area contributed by atoms with Gasteiger partial charge in [-0.2, -0.15) is 0 Å². The molecule has 0 amide bonds. The molecule has 0 saturated carbocycles. The number of esters is 1. The number of carbonyl (C=O) groups excluding carboxylic acids is 1. The van der Waals surface area contributed by atoms with Gasteiger partial charge in [0.2, 0.25) is 0 Å². The van der Waals surface area contributed by atoms with Crippen molar-refractivity contribution in [2.75, 3.05) is 0 Å². The molecule has 3 atom stereocenters. The van der Waals surface area contributed by atoms with E-state index in [2.05, 4.69) is 6.92 Å². The van der Waals surface area contributed by atoms with E-state index in [0.717, 1.165) is 40.2 Å². The quantitative estimate of drug-likeness (QED) is 0.427. The highest BCUT2D eigenvalue weighted by Crippen LogP contribution is 2.51. The van der Waals surface area contributed by atoms with Gasteiger partial charge in [-0.3, -0.25) is 4.79 Å². The van der Waals surface area contributed by atoms with Crippen LogP contribution in [0.25, 0.3) is 0 Å². The molecule has 164 valence electrons. The fourth-order valence-corrected chi connectivity index (χ4v) is 6.10. The minimum absolute atomic E-state index is 0.125. The van der Waals surface area contributed by atoms with Crippen LogP contribution in [0.15, 0.2) is 65.6 Å². The number of hydrogen-bond acceptors (Lipinski definition) is 4. The van der Waals surface area contributed by atoms with Crippen molar-refractivity contribution < 1.29 is 18.7 Å². The summed E-state index contributed by atoms with van der Waals surface area (Å²) in [5, 5.41) is -0.210. The molecule has 3 aromatic rings. The highest BCUT2D eigenvalue weighted by molar-refractivity contribution is 8.00.